The van der Waals surface area contributed by atoms with E-state index in [1.807, 2.05) is 19.1 Å². The predicted molar refractivity (Wildman–Crippen MR) is 86.8 cm³/mol. The van der Waals surface area contributed by atoms with E-state index in [0.29, 0.717) is 0 Å². The van der Waals surface area contributed by atoms with Gasteiger partial charge in [-0.25, -0.2) is 9.97 Å². The number of anilines is 1. The Labute approximate surface area is 126 Å². The Bertz CT molecular complexity index is 756. The third-order valence-corrected chi connectivity index (χ3v) is 3.68. The van der Waals surface area contributed by atoms with Crippen molar-refractivity contribution in [3.8, 4) is 11.4 Å². The van der Waals surface area contributed by atoms with E-state index in [0.717, 1.165) is 28.2 Å². The van der Waals surface area contributed by atoms with Gasteiger partial charge in [0.2, 0.25) is 0 Å². The molecule has 1 aromatic heterocycles. The minimum atomic E-state index is 0.731. The molecule has 0 aliphatic rings. The van der Waals surface area contributed by atoms with Gasteiger partial charge >= 0.3 is 0 Å². The van der Waals surface area contributed by atoms with E-state index < -0.39 is 0 Å². The van der Waals surface area contributed by atoms with E-state index in [9.17, 15) is 0 Å². The van der Waals surface area contributed by atoms with Gasteiger partial charge in [-0.2, -0.15) is 0 Å². The number of fused-ring (bicyclic) bond motifs is 1. The summed E-state index contributed by atoms with van der Waals surface area (Å²) in [7, 11) is 0. The van der Waals surface area contributed by atoms with E-state index in [1.165, 1.54) is 10.8 Å². The molecule has 0 amide bonds. The molecule has 0 saturated heterocycles. The van der Waals surface area contributed by atoms with Crippen molar-refractivity contribution in [3.63, 3.8) is 0 Å². The van der Waals surface area contributed by atoms with Crippen LogP contribution in [0.5, 0.6) is 0 Å². The zero-order valence-electron chi connectivity index (χ0n) is 11.1. The fraction of sp³-hybridized carbons (Fsp3) is 0.125. The summed E-state index contributed by atoms with van der Waals surface area (Å²) in [4.78, 5) is 8.97. The Morgan fingerprint density at radius 3 is 2.70 bits per heavy atom. The van der Waals surface area contributed by atoms with Crippen LogP contribution >= 0.6 is 15.9 Å². The summed E-state index contributed by atoms with van der Waals surface area (Å²) >= 11 is 3.46. The van der Waals surface area contributed by atoms with E-state index >= 15 is 0 Å². The smallest absolute Gasteiger partial charge is 0.161 e. The van der Waals surface area contributed by atoms with E-state index in [-0.39, 0.29) is 0 Å². The van der Waals surface area contributed by atoms with E-state index in [2.05, 4.69) is 61.5 Å². The van der Waals surface area contributed by atoms with Gasteiger partial charge in [-0.15, -0.1) is 0 Å². The minimum absolute atomic E-state index is 0.731. The molecule has 0 fully saturated rings. The molecule has 2 aromatic carbocycles. The van der Waals surface area contributed by atoms with Crippen LogP contribution in [0.2, 0.25) is 0 Å². The predicted octanol–water partition coefficient (Wildman–Crippen LogP) is 4.49. The molecule has 4 heteroatoms. The van der Waals surface area contributed by atoms with Crippen molar-refractivity contribution in [2.24, 2.45) is 0 Å². The second kappa shape index (κ2) is 5.59. The Kier molecular flexibility index (Phi) is 3.65. The molecule has 100 valence electrons. The van der Waals surface area contributed by atoms with Crippen LogP contribution in [0.25, 0.3) is 22.2 Å². The number of hydrogen-bond donors (Lipinski definition) is 1. The molecule has 3 nitrogen and oxygen atoms in total. The highest BCUT2D eigenvalue weighted by atomic mass is 79.9. The van der Waals surface area contributed by atoms with Crippen LogP contribution in [0.15, 0.2) is 53.1 Å². The van der Waals surface area contributed by atoms with E-state index in [4.69, 9.17) is 0 Å². The largest absolute Gasteiger partial charge is 0.369 e. The van der Waals surface area contributed by atoms with Gasteiger partial charge in [0.1, 0.15) is 5.82 Å². The molecule has 1 heterocycles. The lowest BCUT2D eigenvalue weighted by atomic mass is 10.1. The zero-order chi connectivity index (χ0) is 13.9. The fourth-order valence-electron chi connectivity index (χ4n) is 2.13. The number of benzene rings is 2. The third-order valence-electron chi connectivity index (χ3n) is 3.10. The Morgan fingerprint density at radius 1 is 1.10 bits per heavy atom. The zero-order valence-corrected chi connectivity index (χ0v) is 12.7. The first kappa shape index (κ1) is 13.1. The number of nitrogens with one attached hydrogen (secondary N) is 1. The van der Waals surface area contributed by atoms with Crippen molar-refractivity contribution in [1.82, 2.24) is 9.97 Å². The lowest BCUT2D eigenvalue weighted by molar-refractivity contribution is 1.11. The second-order valence-electron chi connectivity index (χ2n) is 4.48. The quantitative estimate of drug-likeness (QED) is 0.770. The number of nitrogens with zero attached hydrogens (tertiary/aromatic N) is 2. The first-order chi connectivity index (χ1) is 9.78. The van der Waals surface area contributed by atoms with Crippen LogP contribution in [0.4, 0.5) is 5.82 Å². The van der Waals surface area contributed by atoms with Crippen molar-refractivity contribution in [2.45, 2.75) is 6.92 Å². The highest BCUT2D eigenvalue weighted by molar-refractivity contribution is 9.10. The van der Waals surface area contributed by atoms with Gasteiger partial charge in [0.05, 0.1) is 4.47 Å². The molecule has 0 aliphatic heterocycles. The summed E-state index contributed by atoms with van der Waals surface area (Å²) in [5, 5.41) is 5.64. The number of halogens is 1. The third kappa shape index (κ3) is 2.51. The van der Waals surface area contributed by atoms with Crippen molar-refractivity contribution in [1.29, 1.82) is 0 Å². The molecular formula is C16H14BrN3. The maximum Gasteiger partial charge on any atom is 0.161 e. The molecule has 1 N–H and O–H groups in total. The SMILES string of the molecule is CCNc1nc(-c2ccc3ccccc3c2)ncc1Br. The number of hydrogen-bond acceptors (Lipinski definition) is 3. The minimum Gasteiger partial charge on any atom is -0.369 e. The average Bonchev–Trinajstić information content (AvgIpc) is 2.49. The number of aromatic nitrogens is 2. The van der Waals surface area contributed by atoms with Gasteiger partial charge in [-0.05, 0) is 39.7 Å². The second-order valence-corrected chi connectivity index (χ2v) is 5.34. The van der Waals surface area contributed by atoms with Gasteiger partial charge in [0.15, 0.2) is 5.82 Å². The first-order valence-electron chi connectivity index (χ1n) is 6.53. The monoisotopic (exact) mass is 327 g/mol. The summed E-state index contributed by atoms with van der Waals surface area (Å²) in [6.45, 7) is 2.87. The standard InChI is InChI=1S/C16H14BrN3/c1-2-18-16-14(17)10-19-15(20-16)13-8-7-11-5-3-4-6-12(11)9-13/h3-10H,2H2,1H3,(H,18,19,20). The van der Waals surface area contributed by atoms with Crippen molar-refractivity contribution < 1.29 is 0 Å². The van der Waals surface area contributed by atoms with Gasteiger partial charge in [-0.1, -0.05) is 36.4 Å². The summed E-state index contributed by atoms with van der Waals surface area (Å²) in [5.74, 6) is 1.56. The highest BCUT2D eigenvalue weighted by Crippen LogP contribution is 2.25. The molecule has 0 unspecified atom stereocenters. The van der Waals surface area contributed by atoms with Crippen LogP contribution < -0.4 is 5.32 Å². The Hall–Kier alpha value is -1.94. The molecule has 0 radical (unpaired) electrons. The first-order valence-corrected chi connectivity index (χ1v) is 7.33. The lowest BCUT2D eigenvalue weighted by Crippen LogP contribution is -2.02. The fourth-order valence-corrected chi connectivity index (χ4v) is 2.46. The van der Waals surface area contributed by atoms with Crippen LogP contribution in [0.1, 0.15) is 6.92 Å². The maximum atomic E-state index is 4.57. The molecular weight excluding hydrogens is 314 g/mol. The van der Waals surface area contributed by atoms with E-state index in [1.54, 1.807) is 6.20 Å². The molecule has 0 atom stereocenters. The van der Waals surface area contributed by atoms with Crippen LogP contribution in [0.3, 0.4) is 0 Å². The Balaban J connectivity index is 2.08. The molecule has 0 aliphatic carbocycles. The van der Waals surface area contributed by atoms with Gasteiger partial charge in [0, 0.05) is 18.3 Å². The van der Waals surface area contributed by atoms with Gasteiger partial charge < -0.3 is 5.32 Å². The average molecular weight is 328 g/mol. The summed E-state index contributed by atoms with van der Waals surface area (Å²) < 4.78 is 0.879. The lowest BCUT2D eigenvalue weighted by Gasteiger charge is -2.08. The van der Waals surface area contributed by atoms with Gasteiger partial charge in [0.25, 0.3) is 0 Å². The van der Waals surface area contributed by atoms with Crippen molar-refractivity contribution in [2.75, 3.05) is 11.9 Å². The molecule has 0 spiro atoms. The molecule has 0 bridgehead atoms. The van der Waals surface area contributed by atoms with Crippen LogP contribution in [-0.2, 0) is 0 Å². The van der Waals surface area contributed by atoms with Gasteiger partial charge in [-0.3, -0.25) is 0 Å². The Morgan fingerprint density at radius 2 is 1.90 bits per heavy atom. The van der Waals surface area contributed by atoms with Crippen molar-refractivity contribution >= 4 is 32.5 Å². The highest BCUT2D eigenvalue weighted by Gasteiger charge is 2.07. The normalized spacial score (nSPS) is 10.7. The summed E-state index contributed by atoms with van der Waals surface area (Å²) in [6.07, 6.45) is 1.79. The molecule has 20 heavy (non-hydrogen) atoms. The molecule has 0 saturated carbocycles. The summed E-state index contributed by atoms with van der Waals surface area (Å²) in [5.41, 5.74) is 1.02. The maximum absolute atomic E-state index is 4.57. The van der Waals surface area contributed by atoms with Crippen molar-refractivity contribution in [3.05, 3.63) is 53.1 Å². The summed E-state index contributed by atoms with van der Waals surface area (Å²) in [6, 6.07) is 14.6. The molecule has 3 aromatic rings. The molecule has 3 rings (SSSR count). The van der Waals surface area contributed by atoms with Crippen LogP contribution in [-0.4, -0.2) is 16.5 Å². The van der Waals surface area contributed by atoms with Crippen LogP contribution in [0, 0.1) is 0 Å². The number of rotatable bonds is 3. The topological polar surface area (TPSA) is 37.8 Å².